The number of nitrogens with one attached hydrogen (secondary N) is 1. The molecule has 3 aromatic rings. The van der Waals surface area contributed by atoms with E-state index < -0.39 is 0 Å². The zero-order valence-electron chi connectivity index (χ0n) is 15.2. The van der Waals surface area contributed by atoms with Crippen LogP contribution in [0.15, 0.2) is 54.7 Å². The summed E-state index contributed by atoms with van der Waals surface area (Å²) in [5, 5.41) is 3.50. The summed E-state index contributed by atoms with van der Waals surface area (Å²) in [7, 11) is 1.63. The van der Waals surface area contributed by atoms with Crippen LogP contribution < -0.4 is 10.1 Å². The third-order valence-electron chi connectivity index (χ3n) is 4.10. The van der Waals surface area contributed by atoms with E-state index in [2.05, 4.69) is 15.3 Å². The molecule has 1 N–H and O–H groups in total. The van der Waals surface area contributed by atoms with Crippen molar-refractivity contribution in [3.8, 4) is 17.0 Å². The lowest BCUT2D eigenvalue weighted by atomic mass is 10.1. The van der Waals surface area contributed by atoms with Gasteiger partial charge in [-0.3, -0.25) is 4.79 Å². The Labute approximate surface area is 163 Å². The Morgan fingerprint density at radius 3 is 2.44 bits per heavy atom. The highest BCUT2D eigenvalue weighted by Gasteiger charge is 2.11. The molecule has 1 aromatic heterocycles. The molecule has 1 amide bonds. The fraction of sp³-hybridized carbons (Fsp3) is 0.190. The SMILES string of the molecule is CCc1nc(-c2ccc(OC)cc2)cnc1NC(=O)Cc1ccc(Cl)cc1. The summed E-state index contributed by atoms with van der Waals surface area (Å²) in [6, 6.07) is 14.8. The number of ether oxygens (including phenoxy) is 1. The van der Waals surface area contributed by atoms with Crippen molar-refractivity contribution >= 4 is 23.3 Å². The summed E-state index contributed by atoms with van der Waals surface area (Å²) in [5.41, 5.74) is 3.33. The number of halogens is 1. The van der Waals surface area contributed by atoms with Crippen LogP contribution in [0, 0.1) is 0 Å². The first-order valence-electron chi connectivity index (χ1n) is 8.63. The molecule has 0 spiro atoms. The topological polar surface area (TPSA) is 64.1 Å². The molecule has 0 bridgehead atoms. The number of carbonyl (C=O) groups excluding carboxylic acids is 1. The average molecular weight is 382 g/mol. The Kier molecular flexibility index (Phi) is 6.04. The Morgan fingerprint density at radius 2 is 1.81 bits per heavy atom. The van der Waals surface area contributed by atoms with Crippen molar-refractivity contribution in [2.45, 2.75) is 19.8 Å². The Hall–Kier alpha value is -2.92. The van der Waals surface area contributed by atoms with Gasteiger partial charge in [0.25, 0.3) is 0 Å². The van der Waals surface area contributed by atoms with Crippen molar-refractivity contribution in [1.82, 2.24) is 9.97 Å². The lowest BCUT2D eigenvalue weighted by Crippen LogP contribution is -2.17. The maximum atomic E-state index is 12.3. The standard InChI is InChI=1S/C21H20ClN3O2/c1-3-18-21(25-20(26)12-14-4-8-16(22)9-5-14)23-13-19(24-18)15-6-10-17(27-2)11-7-15/h4-11,13H,3,12H2,1-2H3,(H,23,25,26). The van der Waals surface area contributed by atoms with E-state index in [4.69, 9.17) is 16.3 Å². The highest BCUT2D eigenvalue weighted by atomic mass is 35.5. The van der Waals surface area contributed by atoms with Crippen LogP contribution in [-0.4, -0.2) is 23.0 Å². The van der Waals surface area contributed by atoms with Crippen molar-refractivity contribution in [2.24, 2.45) is 0 Å². The second-order valence-electron chi connectivity index (χ2n) is 5.98. The van der Waals surface area contributed by atoms with Gasteiger partial charge in [0, 0.05) is 10.6 Å². The largest absolute Gasteiger partial charge is 0.497 e. The number of hydrogen-bond acceptors (Lipinski definition) is 4. The second-order valence-corrected chi connectivity index (χ2v) is 6.42. The summed E-state index contributed by atoms with van der Waals surface area (Å²) in [6.45, 7) is 1.98. The smallest absolute Gasteiger partial charge is 0.229 e. The fourth-order valence-corrected chi connectivity index (χ4v) is 2.77. The molecule has 0 atom stereocenters. The molecule has 2 aromatic carbocycles. The van der Waals surface area contributed by atoms with E-state index in [1.54, 1.807) is 25.4 Å². The predicted molar refractivity (Wildman–Crippen MR) is 107 cm³/mol. The molecule has 0 fully saturated rings. The molecule has 0 radical (unpaired) electrons. The quantitative estimate of drug-likeness (QED) is 0.680. The molecule has 27 heavy (non-hydrogen) atoms. The van der Waals surface area contributed by atoms with Gasteiger partial charge in [-0.25, -0.2) is 9.97 Å². The number of benzene rings is 2. The first-order valence-corrected chi connectivity index (χ1v) is 9.01. The highest BCUT2D eigenvalue weighted by molar-refractivity contribution is 6.30. The third-order valence-corrected chi connectivity index (χ3v) is 4.35. The molecule has 6 heteroatoms. The van der Waals surface area contributed by atoms with E-state index in [-0.39, 0.29) is 12.3 Å². The molecule has 1 heterocycles. The Balaban J connectivity index is 1.75. The molecule has 0 saturated heterocycles. The molecule has 0 aliphatic carbocycles. The van der Waals surface area contributed by atoms with Gasteiger partial charge in [0.1, 0.15) is 5.75 Å². The molecule has 138 valence electrons. The molecule has 3 rings (SSSR count). The first kappa shape index (κ1) is 18.9. The van der Waals surface area contributed by atoms with Crippen LogP contribution in [0.25, 0.3) is 11.3 Å². The number of anilines is 1. The van der Waals surface area contributed by atoms with Crippen LogP contribution in [0.4, 0.5) is 5.82 Å². The van der Waals surface area contributed by atoms with Crippen LogP contribution >= 0.6 is 11.6 Å². The monoisotopic (exact) mass is 381 g/mol. The molecule has 0 aliphatic heterocycles. The number of carbonyl (C=O) groups is 1. The number of hydrogen-bond donors (Lipinski definition) is 1. The number of aromatic nitrogens is 2. The van der Waals surface area contributed by atoms with Crippen molar-refractivity contribution in [1.29, 1.82) is 0 Å². The van der Waals surface area contributed by atoms with Crippen molar-refractivity contribution in [3.05, 3.63) is 71.0 Å². The van der Waals surface area contributed by atoms with E-state index in [0.29, 0.717) is 17.3 Å². The summed E-state index contributed by atoms with van der Waals surface area (Å²) in [4.78, 5) is 21.4. The zero-order valence-corrected chi connectivity index (χ0v) is 16.0. The maximum absolute atomic E-state index is 12.3. The highest BCUT2D eigenvalue weighted by Crippen LogP contribution is 2.22. The fourth-order valence-electron chi connectivity index (χ4n) is 2.64. The van der Waals surface area contributed by atoms with Crippen molar-refractivity contribution in [3.63, 3.8) is 0 Å². The Morgan fingerprint density at radius 1 is 1.11 bits per heavy atom. The average Bonchev–Trinajstić information content (AvgIpc) is 2.70. The predicted octanol–water partition coefficient (Wildman–Crippen LogP) is 4.55. The molecule has 0 unspecified atom stereocenters. The molecular weight excluding hydrogens is 362 g/mol. The number of rotatable bonds is 6. The van der Waals surface area contributed by atoms with Gasteiger partial charge in [-0.05, 0) is 48.4 Å². The maximum Gasteiger partial charge on any atom is 0.229 e. The number of aryl methyl sites for hydroxylation is 1. The number of methoxy groups -OCH3 is 1. The lowest BCUT2D eigenvalue weighted by Gasteiger charge is -2.10. The Bertz CT molecular complexity index is 925. The van der Waals surface area contributed by atoms with Gasteiger partial charge in [0.05, 0.1) is 31.1 Å². The molecule has 0 saturated carbocycles. The van der Waals surface area contributed by atoms with Crippen LogP contribution in [-0.2, 0) is 17.6 Å². The van der Waals surface area contributed by atoms with E-state index in [1.165, 1.54) is 0 Å². The molecular formula is C21H20ClN3O2. The van der Waals surface area contributed by atoms with Gasteiger partial charge in [-0.15, -0.1) is 0 Å². The lowest BCUT2D eigenvalue weighted by molar-refractivity contribution is -0.115. The summed E-state index contributed by atoms with van der Waals surface area (Å²) in [5.74, 6) is 1.14. The van der Waals surface area contributed by atoms with Crippen LogP contribution in [0.5, 0.6) is 5.75 Å². The van der Waals surface area contributed by atoms with Gasteiger partial charge >= 0.3 is 0 Å². The third kappa shape index (κ3) is 4.83. The summed E-state index contributed by atoms with van der Waals surface area (Å²) in [6.07, 6.45) is 2.58. The minimum Gasteiger partial charge on any atom is -0.497 e. The van der Waals surface area contributed by atoms with E-state index in [9.17, 15) is 4.79 Å². The molecule has 0 aliphatic rings. The van der Waals surface area contributed by atoms with E-state index >= 15 is 0 Å². The first-order chi connectivity index (χ1) is 13.1. The van der Waals surface area contributed by atoms with Gasteiger partial charge < -0.3 is 10.1 Å². The van der Waals surface area contributed by atoms with Crippen molar-refractivity contribution in [2.75, 3.05) is 12.4 Å². The van der Waals surface area contributed by atoms with E-state index in [0.717, 1.165) is 28.3 Å². The second kappa shape index (κ2) is 8.64. The van der Waals surface area contributed by atoms with Gasteiger partial charge in [-0.2, -0.15) is 0 Å². The van der Waals surface area contributed by atoms with Gasteiger partial charge in [-0.1, -0.05) is 30.7 Å². The minimum atomic E-state index is -0.140. The van der Waals surface area contributed by atoms with Crippen LogP contribution in [0.1, 0.15) is 18.2 Å². The zero-order chi connectivity index (χ0) is 19.2. The minimum absolute atomic E-state index is 0.140. The molecule has 5 nitrogen and oxygen atoms in total. The summed E-state index contributed by atoms with van der Waals surface area (Å²) >= 11 is 5.87. The number of amides is 1. The van der Waals surface area contributed by atoms with E-state index in [1.807, 2.05) is 43.3 Å². The van der Waals surface area contributed by atoms with Gasteiger partial charge in [0.15, 0.2) is 5.82 Å². The summed E-state index contributed by atoms with van der Waals surface area (Å²) < 4.78 is 5.18. The van der Waals surface area contributed by atoms with Crippen LogP contribution in [0.3, 0.4) is 0 Å². The van der Waals surface area contributed by atoms with Crippen molar-refractivity contribution < 1.29 is 9.53 Å². The number of nitrogens with zero attached hydrogens (tertiary/aromatic N) is 2. The van der Waals surface area contributed by atoms with Crippen LogP contribution in [0.2, 0.25) is 5.02 Å². The van der Waals surface area contributed by atoms with Gasteiger partial charge in [0.2, 0.25) is 5.91 Å². The normalized spacial score (nSPS) is 10.5.